The third-order valence-corrected chi connectivity index (χ3v) is 6.29. The van der Waals surface area contributed by atoms with Gasteiger partial charge >= 0.3 is 0 Å². The molecule has 0 aliphatic heterocycles. The number of aryl methyl sites for hydroxylation is 1. The fourth-order valence-corrected chi connectivity index (χ4v) is 4.28. The Morgan fingerprint density at radius 3 is 2.30 bits per heavy atom. The number of hydrogen-bond donors (Lipinski definition) is 3. The first-order valence-corrected chi connectivity index (χ1v) is 11.6. The molecule has 0 saturated heterocycles. The van der Waals surface area contributed by atoms with Crippen LogP contribution in [0.5, 0.6) is 0 Å². The molecule has 2 amide bonds. The zero-order valence-corrected chi connectivity index (χ0v) is 19.2. The van der Waals surface area contributed by atoms with Gasteiger partial charge in [0.25, 0.3) is 15.9 Å². The maximum atomic E-state index is 13.1. The minimum atomic E-state index is -3.99. The van der Waals surface area contributed by atoms with Crippen LogP contribution >= 0.6 is 0 Å². The van der Waals surface area contributed by atoms with Crippen molar-refractivity contribution in [3.8, 4) is 0 Å². The average molecular weight is 470 g/mol. The lowest BCUT2D eigenvalue weighted by Gasteiger charge is -2.17. The third kappa shape index (κ3) is 6.17. The third-order valence-electron chi connectivity index (χ3n) is 4.91. The number of carbonyl (C=O) groups excluding carboxylic acids is 2. The molecule has 33 heavy (non-hydrogen) atoms. The van der Waals surface area contributed by atoms with E-state index in [1.54, 1.807) is 38.1 Å². The Morgan fingerprint density at radius 1 is 0.939 bits per heavy atom. The Balaban J connectivity index is 1.80. The van der Waals surface area contributed by atoms with Crippen LogP contribution in [0.2, 0.25) is 0 Å². The van der Waals surface area contributed by atoms with Gasteiger partial charge in [0, 0.05) is 23.9 Å². The molecule has 0 heterocycles. The Kier molecular flexibility index (Phi) is 7.13. The second-order valence-corrected chi connectivity index (χ2v) is 9.27. The summed E-state index contributed by atoms with van der Waals surface area (Å²) in [7, 11) is -3.99. The average Bonchev–Trinajstić information content (AvgIpc) is 2.75. The van der Waals surface area contributed by atoms with E-state index in [0.717, 1.165) is 17.7 Å². The fraction of sp³-hybridized carbons (Fsp3) is 0.167. The molecule has 0 bridgehead atoms. The number of amides is 2. The van der Waals surface area contributed by atoms with Gasteiger partial charge in [-0.3, -0.25) is 14.3 Å². The Bertz CT molecular complexity index is 1290. The molecule has 0 aliphatic rings. The quantitative estimate of drug-likeness (QED) is 0.477. The normalized spacial score (nSPS) is 12.0. The Hall–Kier alpha value is -3.72. The van der Waals surface area contributed by atoms with Crippen LogP contribution in [0.3, 0.4) is 0 Å². The summed E-state index contributed by atoms with van der Waals surface area (Å²) in [4.78, 5) is 24.1. The van der Waals surface area contributed by atoms with Crippen molar-refractivity contribution in [3.63, 3.8) is 0 Å². The molecule has 1 unspecified atom stereocenters. The molecule has 0 radical (unpaired) electrons. The number of nitrogens with one attached hydrogen (secondary N) is 3. The van der Waals surface area contributed by atoms with Crippen LogP contribution in [0, 0.1) is 12.7 Å². The highest BCUT2D eigenvalue weighted by Crippen LogP contribution is 2.22. The monoisotopic (exact) mass is 469 g/mol. The molecule has 1 atom stereocenters. The zero-order chi connectivity index (χ0) is 24.2. The Labute approximate surface area is 192 Å². The first kappa shape index (κ1) is 23.9. The molecule has 0 spiro atoms. The molecule has 3 aromatic rings. The summed E-state index contributed by atoms with van der Waals surface area (Å²) in [5.74, 6) is -1.13. The minimum absolute atomic E-state index is 0.0946. The van der Waals surface area contributed by atoms with E-state index in [1.807, 2.05) is 6.07 Å². The lowest BCUT2D eigenvalue weighted by atomic mass is 10.1. The number of anilines is 2. The van der Waals surface area contributed by atoms with Crippen LogP contribution in [0.4, 0.5) is 15.8 Å². The van der Waals surface area contributed by atoms with E-state index >= 15 is 0 Å². The van der Waals surface area contributed by atoms with Crippen molar-refractivity contribution >= 4 is 33.2 Å². The van der Waals surface area contributed by atoms with Gasteiger partial charge in [-0.25, -0.2) is 12.8 Å². The standard InChI is InChI=1S/C24H24FN3O4S/c1-15-7-12-22(33(31,32)28-20-10-8-19(25)9-11-20)14-23(15)24(30)26-16(2)18-5-4-6-21(13-18)27-17(3)29/h4-14,16,28H,1-3H3,(H,26,30)(H,27,29). The van der Waals surface area contributed by atoms with Crippen LogP contribution in [0.15, 0.2) is 71.6 Å². The molecule has 3 aromatic carbocycles. The largest absolute Gasteiger partial charge is 0.346 e. The molecular weight excluding hydrogens is 445 g/mol. The van der Waals surface area contributed by atoms with Gasteiger partial charge in [-0.15, -0.1) is 0 Å². The summed E-state index contributed by atoms with van der Waals surface area (Å²) >= 11 is 0. The summed E-state index contributed by atoms with van der Waals surface area (Å²) in [6.07, 6.45) is 0. The molecular formula is C24H24FN3O4S. The lowest BCUT2D eigenvalue weighted by Crippen LogP contribution is -2.27. The highest BCUT2D eigenvalue weighted by atomic mass is 32.2. The first-order valence-electron chi connectivity index (χ1n) is 10.1. The van der Waals surface area contributed by atoms with Crippen LogP contribution in [-0.2, 0) is 14.8 Å². The Morgan fingerprint density at radius 2 is 1.64 bits per heavy atom. The molecule has 3 N–H and O–H groups in total. The van der Waals surface area contributed by atoms with Gasteiger partial charge in [0.1, 0.15) is 5.82 Å². The van der Waals surface area contributed by atoms with Crippen molar-refractivity contribution in [2.24, 2.45) is 0 Å². The van der Waals surface area contributed by atoms with Crippen LogP contribution in [0.1, 0.15) is 41.4 Å². The molecule has 0 fully saturated rings. The van der Waals surface area contributed by atoms with Gasteiger partial charge in [0.05, 0.1) is 10.9 Å². The number of benzene rings is 3. The molecule has 172 valence electrons. The summed E-state index contributed by atoms with van der Waals surface area (Å²) in [6, 6.07) is 15.9. The summed E-state index contributed by atoms with van der Waals surface area (Å²) in [6.45, 7) is 4.91. The maximum Gasteiger partial charge on any atom is 0.261 e. The van der Waals surface area contributed by atoms with E-state index in [-0.39, 0.29) is 22.1 Å². The number of rotatable bonds is 7. The lowest BCUT2D eigenvalue weighted by molar-refractivity contribution is -0.114. The maximum absolute atomic E-state index is 13.1. The van der Waals surface area contributed by atoms with E-state index in [2.05, 4.69) is 15.4 Å². The van der Waals surface area contributed by atoms with E-state index < -0.39 is 27.8 Å². The van der Waals surface area contributed by atoms with Gasteiger partial charge in [-0.1, -0.05) is 18.2 Å². The molecule has 0 saturated carbocycles. The number of halogens is 1. The second kappa shape index (κ2) is 9.83. The van der Waals surface area contributed by atoms with Crippen molar-refractivity contribution in [2.45, 2.75) is 31.7 Å². The first-order chi connectivity index (χ1) is 15.5. The van der Waals surface area contributed by atoms with Crippen molar-refractivity contribution in [2.75, 3.05) is 10.0 Å². The van der Waals surface area contributed by atoms with Crippen molar-refractivity contribution in [3.05, 3.63) is 89.2 Å². The topological polar surface area (TPSA) is 104 Å². The molecule has 9 heteroatoms. The highest BCUT2D eigenvalue weighted by molar-refractivity contribution is 7.92. The van der Waals surface area contributed by atoms with Gasteiger partial charge < -0.3 is 10.6 Å². The number of hydrogen-bond acceptors (Lipinski definition) is 4. The smallest absolute Gasteiger partial charge is 0.261 e. The van der Waals surface area contributed by atoms with E-state index in [4.69, 9.17) is 0 Å². The second-order valence-electron chi connectivity index (χ2n) is 7.59. The predicted octanol–water partition coefficient (Wildman–Crippen LogP) is 4.38. The minimum Gasteiger partial charge on any atom is -0.346 e. The molecule has 7 nitrogen and oxygen atoms in total. The van der Waals surface area contributed by atoms with E-state index in [1.165, 1.54) is 31.2 Å². The molecule has 0 aliphatic carbocycles. The summed E-state index contributed by atoms with van der Waals surface area (Å²) < 4.78 is 41.0. The summed E-state index contributed by atoms with van der Waals surface area (Å²) in [5, 5.41) is 5.56. The van der Waals surface area contributed by atoms with E-state index in [0.29, 0.717) is 11.3 Å². The fourth-order valence-electron chi connectivity index (χ4n) is 3.19. The SMILES string of the molecule is CC(=O)Nc1cccc(C(C)NC(=O)c2cc(S(=O)(=O)Nc3ccc(F)cc3)ccc2C)c1. The van der Waals surface area contributed by atoms with Gasteiger partial charge in [-0.2, -0.15) is 0 Å². The number of sulfonamides is 1. The van der Waals surface area contributed by atoms with Crippen LogP contribution in [0.25, 0.3) is 0 Å². The van der Waals surface area contributed by atoms with Crippen molar-refractivity contribution < 1.29 is 22.4 Å². The summed E-state index contributed by atoms with van der Waals surface area (Å²) in [5.41, 5.74) is 2.40. The predicted molar refractivity (Wildman–Crippen MR) is 125 cm³/mol. The molecule has 0 aromatic heterocycles. The van der Waals surface area contributed by atoms with Gasteiger partial charge in [-0.05, 0) is 73.5 Å². The zero-order valence-electron chi connectivity index (χ0n) is 18.3. The van der Waals surface area contributed by atoms with Crippen molar-refractivity contribution in [1.82, 2.24) is 5.32 Å². The van der Waals surface area contributed by atoms with Gasteiger partial charge in [0.2, 0.25) is 5.91 Å². The van der Waals surface area contributed by atoms with Crippen LogP contribution in [-0.4, -0.2) is 20.2 Å². The number of carbonyl (C=O) groups is 2. The van der Waals surface area contributed by atoms with E-state index in [9.17, 15) is 22.4 Å². The highest BCUT2D eigenvalue weighted by Gasteiger charge is 2.20. The van der Waals surface area contributed by atoms with Crippen LogP contribution < -0.4 is 15.4 Å². The molecule has 3 rings (SSSR count). The van der Waals surface area contributed by atoms with Crippen molar-refractivity contribution in [1.29, 1.82) is 0 Å². The van der Waals surface area contributed by atoms with Gasteiger partial charge in [0.15, 0.2) is 0 Å².